The average Bonchev–Trinajstić information content (AvgIpc) is 2.68. The van der Waals surface area contributed by atoms with Gasteiger partial charge in [-0.3, -0.25) is 14.6 Å². The van der Waals surface area contributed by atoms with Crippen molar-refractivity contribution in [3.05, 3.63) is 23.3 Å². The van der Waals surface area contributed by atoms with E-state index in [0.29, 0.717) is 12.6 Å². The average molecular weight is 378 g/mol. The van der Waals surface area contributed by atoms with E-state index in [4.69, 9.17) is 9.47 Å². The Morgan fingerprint density at radius 2 is 1.59 bits per heavy atom. The normalized spacial score (nSPS) is 15.8. The third-order valence-electron chi connectivity index (χ3n) is 5.42. The van der Waals surface area contributed by atoms with Crippen LogP contribution in [0.3, 0.4) is 0 Å². The SMILES string of the molecule is CCC(CC)NC(=O)CN1CCN(Cc2cc(OC)c(OC)cc2C)CC1. The first-order valence-electron chi connectivity index (χ1n) is 9.96. The van der Waals surface area contributed by atoms with Crippen molar-refractivity contribution in [2.75, 3.05) is 46.9 Å². The number of ether oxygens (including phenoxy) is 2. The van der Waals surface area contributed by atoms with Crippen LogP contribution in [0.5, 0.6) is 11.5 Å². The Labute approximate surface area is 163 Å². The van der Waals surface area contributed by atoms with Gasteiger partial charge in [0, 0.05) is 38.8 Å². The highest BCUT2D eigenvalue weighted by molar-refractivity contribution is 5.78. The van der Waals surface area contributed by atoms with E-state index in [1.54, 1.807) is 14.2 Å². The molecule has 0 aliphatic carbocycles. The summed E-state index contributed by atoms with van der Waals surface area (Å²) in [5.41, 5.74) is 2.47. The number of aryl methyl sites for hydroxylation is 1. The topological polar surface area (TPSA) is 54.0 Å². The number of hydrogen-bond donors (Lipinski definition) is 1. The predicted molar refractivity (Wildman–Crippen MR) is 109 cm³/mol. The van der Waals surface area contributed by atoms with Gasteiger partial charge in [-0.25, -0.2) is 0 Å². The molecule has 1 amide bonds. The van der Waals surface area contributed by atoms with Crippen LogP contribution in [0.1, 0.15) is 37.8 Å². The summed E-state index contributed by atoms with van der Waals surface area (Å²) in [6, 6.07) is 4.41. The highest BCUT2D eigenvalue weighted by atomic mass is 16.5. The van der Waals surface area contributed by atoms with E-state index in [9.17, 15) is 4.79 Å². The fourth-order valence-electron chi connectivity index (χ4n) is 3.51. The van der Waals surface area contributed by atoms with Gasteiger partial charge in [0.25, 0.3) is 0 Å². The van der Waals surface area contributed by atoms with Crippen LogP contribution in [-0.4, -0.2) is 68.7 Å². The summed E-state index contributed by atoms with van der Waals surface area (Å²) in [5, 5.41) is 3.13. The van der Waals surface area contributed by atoms with Gasteiger partial charge in [-0.2, -0.15) is 0 Å². The molecule has 6 nitrogen and oxygen atoms in total. The molecule has 1 heterocycles. The van der Waals surface area contributed by atoms with Gasteiger partial charge in [0.05, 0.1) is 20.8 Å². The molecule has 0 saturated carbocycles. The van der Waals surface area contributed by atoms with Crippen LogP contribution < -0.4 is 14.8 Å². The zero-order chi connectivity index (χ0) is 19.8. The van der Waals surface area contributed by atoms with Gasteiger partial charge in [0.2, 0.25) is 5.91 Å². The summed E-state index contributed by atoms with van der Waals surface area (Å²) in [6.45, 7) is 11.5. The fourth-order valence-corrected chi connectivity index (χ4v) is 3.51. The van der Waals surface area contributed by atoms with Gasteiger partial charge in [0.15, 0.2) is 11.5 Å². The number of methoxy groups -OCH3 is 2. The largest absolute Gasteiger partial charge is 0.493 e. The van der Waals surface area contributed by atoms with Crippen molar-refractivity contribution in [3.8, 4) is 11.5 Å². The van der Waals surface area contributed by atoms with Crippen molar-refractivity contribution in [3.63, 3.8) is 0 Å². The zero-order valence-electron chi connectivity index (χ0n) is 17.5. The van der Waals surface area contributed by atoms with E-state index in [1.807, 2.05) is 6.07 Å². The number of piperazine rings is 1. The molecule has 1 aliphatic heterocycles. The van der Waals surface area contributed by atoms with Crippen LogP contribution in [0.2, 0.25) is 0 Å². The van der Waals surface area contributed by atoms with Crippen LogP contribution in [0.25, 0.3) is 0 Å². The quantitative estimate of drug-likeness (QED) is 0.716. The second-order valence-electron chi connectivity index (χ2n) is 7.27. The van der Waals surface area contributed by atoms with E-state index in [1.165, 1.54) is 11.1 Å². The third kappa shape index (κ3) is 6.11. The van der Waals surface area contributed by atoms with Crippen molar-refractivity contribution in [2.24, 2.45) is 0 Å². The van der Waals surface area contributed by atoms with Crippen LogP contribution in [0.15, 0.2) is 12.1 Å². The summed E-state index contributed by atoms with van der Waals surface area (Å²) in [7, 11) is 3.33. The van der Waals surface area contributed by atoms with Crippen molar-refractivity contribution >= 4 is 5.91 Å². The molecule has 1 aromatic carbocycles. The van der Waals surface area contributed by atoms with Gasteiger partial charge in [-0.1, -0.05) is 13.8 Å². The summed E-state index contributed by atoms with van der Waals surface area (Å²) in [4.78, 5) is 16.9. The van der Waals surface area contributed by atoms with E-state index in [0.717, 1.165) is 57.1 Å². The first kappa shape index (κ1) is 21.5. The van der Waals surface area contributed by atoms with Crippen LogP contribution in [-0.2, 0) is 11.3 Å². The van der Waals surface area contributed by atoms with Crippen molar-refractivity contribution in [1.29, 1.82) is 0 Å². The minimum atomic E-state index is 0.146. The third-order valence-corrected chi connectivity index (χ3v) is 5.42. The van der Waals surface area contributed by atoms with Gasteiger partial charge in [-0.15, -0.1) is 0 Å². The van der Waals surface area contributed by atoms with E-state index in [2.05, 4.69) is 42.0 Å². The van der Waals surface area contributed by atoms with Gasteiger partial charge in [-0.05, 0) is 43.0 Å². The number of benzene rings is 1. The van der Waals surface area contributed by atoms with Crippen molar-refractivity contribution in [2.45, 2.75) is 46.2 Å². The standard InChI is InChI=1S/C21H35N3O3/c1-6-18(7-2)22-21(25)15-24-10-8-23(9-11-24)14-17-13-20(27-5)19(26-4)12-16(17)3/h12-13,18H,6-11,14-15H2,1-5H3,(H,22,25). The lowest BCUT2D eigenvalue weighted by atomic mass is 10.1. The molecule has 0 atom stereocenters. The fraction of sp³-hybridized carbons (Fsp3) is 0.667. The number of carbonyl (C=O) groups excluding carboxylic acids is 1. The van der Waals surface area contributed by atoms with E-state index < -0.39 is 0 Å². The second kappa shape index (κ2) is 10.5. The summed E-state index contributed by atoms with van der Waals surface area (Å²) in [5.74, 6) is 1.69. The van der Waals surface area contributed by atoms with E-state index >= 15 is 0 Å². The minimum absolute atomic E-state index is 0.146. The van der Waals surface area contributed by atoms with Crippen molar-refractivity contribution < 1.29 is 14.3 Å². The molecule has 27 heavy (non-hydrogen) atoms. The smallest absolute Gasteiger partial charge is 0.234 e. The summed E-state index contributed by atoms with van der Waals surface area (Å²) in [6.07, 6.45) is 1.97. The lowest BCUT2D eigenvalue weighted by Crippen LogP contribution is -2.50. The zero-order valence-corrected chi connectivity index (χ0v) is 17.5. The molecule has 0 spiro atoms. The molecular weight excluding hydrogens is 342 g/mol. The number of carbonyl (C=O) groups is 1. The minimum Gasteiger partial charge on any atom is -0.493 e. The lowest BCUT2D eigenvalue weighted by Gasteiger charge is -2.34. The molecule has 1 aromatic rings. The Morgan fingerprint density at radius 3 is 2.15 bits per heavy atom. The van der Waals surface area contributed by atoms with Crippen LogP contribution in [0, 0.1) is 6.92 Å². The number of hydrogen-bond acceptors (Lipinski definition) is 5. The number of rotatable bonds is 9. The Morgan fingerprint density at radius 1 is 1.04 bits per heavy atom. The summed E-state index contributed by atoms with van der Waals surface area (Å²) >= 11 is 0. The molecule has 0 aromatic heterocycles. The molecule has 0 bridgehead atoms. The molecule has 1 fully saturated rings. The Kier molecular flexibility index (Phi) is 8.38. The van der Waals surface area contributed by atoms with Gasteiger partial charge in [0.1, 0.15) is 0 Å². The maximum Gasteiger partial charge on any atom is 0.234 e. The molecule has 6 heteroatoms. The molecule has 1 N–H and O–H groups in total. The first-order chi connectivity index (χ1) is 13.0. The first-order valence-corrected chi connectivity index (χ1v) is 9.96. The monoisotopic (exact) mass is 377 g/mol. The van der Waals surface area contributed by atoms with Gasteiger partial charge >= 0.3 is 0 Å². The van der Waals surface area contributed by atoms with Crippen molar-refractivity contribution in [1.82, 2.24) is 15.1 Å². The Bertz CT molecular complexity index is 609. The number of amides is 1. The molecule has 1 aliphatic rings. The maximum absolute atomic E-state index is 12.2. The van der Waals surface area contributed by atoms with Gasteiger partial charge < -0.3 is 14.8 Å². The molecule has 152 valence electrons. The molecule has 2 rings (SSSR count). The maximum atomic E-state index is 12.2. The lowest BCUT2D eigenvalue weighted by molar-refractivity contribution is -0.123. The second-order valence-corrected chi connectivity index (χ2v) is 7.27. The summed E-state index contributed by atoms with van der Waals surface area (Å²) < 4.78 is 10.8. The number of nitrogens with one attached hydrogen (secondary N) is 1. The molecule has 1 saturated heterocycles. The highest BCUT2D eigenvalue weighted by Gasteiger charge is 2.21. The Balaban J connectivity index is 1.85. The molecular formula is C21H35N3O3. The number of nitrogens with zero attached hydrogens (tertiary/aromatic N) is 2. The van der Waals surface area contributed by atoms with Crippen LogP contribution in [0.4, 0.5) is 0 Å². The van der Waals surface area contributed by atoms with Crippen LogP contribution >= 0.6 is 0 Å². The molecule has 0 radical (unpaired) electrons. The molecule has 0 unspecified atom stereocenters. The highest BCUT2D eigenvalue weighted by Crippen LogP contribution is 2.30. The predicted octanol–water partition coefficient (Wildman–Crippen LogP) is 2.43. The Hall–Kier alpha value is -1.79. The van der Waals surface area contributed by atoms with E-state index in [-0.39, 0.29) is 5.91 Å².